The minimum atomic E-state index is -3.71. The number of rotatable bonds is 6. The Bertz CT molecular complexity index is 942. The van der Waals surface area contributed by atoms with Crippen molar-refractivity contribution in [1.29, 1.82) is 0 Å². The number of nitrogens with zero attached hydrogens (tertiary/aromatic N) is 2. The zero-order valence-corrected chi connectivity index (χ0v) is 15.9. The van der Waals surface area contributed by atoms with Gasteiger partial charge in [-0.3, -0.25) is 14.5 Å². The summed E-state index contributed by atoms with van der Waals surface area (Å²) in [5, 5.41) is 2.75. The van der Waals surface area contributed by atoms with Crippen molar-refractivity contribution in [2.75, 3.05) is 30.4 Å². The molecule has 0 aliphatic carbocycles. The highest BCUT2D eigenvalue weighted by Gasteiger charge is 2.19. The minimum Gasteiger partial charge on any atom is -0.365 e. The van der Waals surface area contributed by atoms with E-state index in [-0.39, 0.29) is 17.3 Å². The van der Waals surface area contributed by atoms with Gasteiger partial charge in [0, 0.05) is 31.4 Å². The number of amides is 1. The summed E-state index contributed by atoms with van der Waals surface area (Å²) in [7, 11) is -1.89. The summed E-state index contributed by atoms with van der Waals surface area (Å²) in [5.41, 5.74) is 1.35. The van der Waals surface area contributed by atoms with Crippen molar-refractivity contribution >= 4 is 33.1 Å². The second-order valence-corrected chi connectivity index (χ2v) is 7.99. The Morgan fingerprint density at radius 2 is 1.93 bits per heavy atom. The van der Waals surface area contributed by atoms with Crippen LogP contribution < -0.4 is 14.9 Å². The van der Waals surface area contributed by atoms with E-state index in [4.69, 9.17) is 0 Å². The maximum atomic E-state index is 12.5. The van der Waals surface area contributed by atoms with Gasteiger partial charge in [0.2, 0.25) is 5.91 Å². The molecule has 0 saturated heterocycles. The van der Waals surface area contributed by atoms with Crippen molar-refractivity contribution < 1.29 is 13.2 Å². The quantitative estimate of drug-likeness (QED) is 0.797. The molecule has 2 aromatic rings. The van der Waals surface area contributed by atoms with Crippen LogP contribution in [0.5, 0.6) is 0 Å². The molecule has 0 bridgehead atoms. The summed E-state index contributed by atoms with van der Waals surface area (Å²) < 4.78 is 27.5. The van der Waals surface area contributed by atoms with E-state index in [0.717, 1.165) is 12.1 Å². The number of amidine groups is 1. The average Bonchev–Trinajstić information content (AvgIpc) is 3.15. The number of likely N-dealkylation sites (N-methyl/N-ethyl adjacent to an activating group) is 1. The van der Waals surface area contributed by atoms with Crippen molar-refractivity contribution in [3.63, 3.8) is 0 Å². The molecule has 1 amide bonds. The van der Waals surface area contributed by atoms with E-state index in [1.54, 1.807) is 12.1 Å². The second-order valence-electron chi connectivity index (χ2n) is 6.31. The number of nitrogens with one attached hydrogen (secondary N) is 2. The van der Waals surface area contributed by atoms with Crippen LogP contribution in [-0.4, -0.2) is 40.3 Å². The van der Waals surface area contributed by atoms with Crippen LogP contribution in [0.4, 0.5) is 11.4 Å². The maximum Gasteiger partial charge on any atom is 0.262 e. The molecule has 142 valence electrons. The molecule has 0 radical (unpaired) electrons. The predicted octanol–water partition coefficient (Wildman–Crippen LogP) is 2.23. The first-order valence-electron chi connectivity index (χ1n) is 8.66. The number of carbonyl (C=O) groups is 1. The van der Waals surface area contributed by atoms with Gasteiger partial charge in [-0.1, -0.05) is 24.3 Å². The summed E-state index contributed by atoms with van der Waals surface area (Å²) in [6, 6.07) is 15.7. The van der Waals surface area contributed by atoms with Crippen LogP contribution in [0.2, 0.25) is 0 Å². The normalized spacial score (nSPS) is 13.7. The van der Waals surface area contributed by atoms with Crippen molar-refractivity contribution in [3.05, 3.63) is 54.6 Å². The van der Waals surface area contributed by atoms with E-state index < -0.39 is 10.0 Å². The molecule has 3 rings (SSSR count). The molecule has 2 aromatic carbocycles. The predicted molar refractivity (Wildman–Crippen MR) is 107 cm³/mol. The van der Waals surface area contributed by atoms with Crippen LogP contribution in [-0.2, 0) is 14.8 Å². The molecular formula is C19H22N4O3S. The lowest BCUT2D eigenvalue weighted by atomic mass is 10.3. The van der Waals surface area contributed by atoms with Crippen molar-refractivity contribution in [2.24, 2.45) is 4.99 Å². The van der Waals surface area contributed by atoms with Gasteiger partial charge in [0.05, 0.1) is 11.4 Å². The Hall–Kier alpha value is -2.87. The Morgan fingerprint density at radius 1 is 1.15 bits per heavy atom. The monoisotopic (exact) mass is 386 g/mol. The maximum absolute atomic E-state index is 12.5. The largest absolute Gasteiger partial charge is 0.365 e. The summed E-state index contributed by atoms with van der Waals surface area (Å²) in [6.07, 6.45) is 1.48. The van der Waals surface area contributed by atoms with Crippen LogP contribution in [0, 0.1) is 0 Å². The highest BCUT2D eigenvalue weighted by molar-refractivity contribution is 7.90. The van der Waals surface area contributed by atoms with E-state index in [2.05, 4.69) is 15.0 Å². The number of anilines is 2. The number of para-hydroxylation sites is 1. The number of carbonyl (C=O) groups excluding carboxylic acids is 1. The van der Waals surface area contributed by atoms with Crippen molar-refractivity contribution in [2.45, 2.75) is 17.7 Å². The lowest BCUT2D eigenvalue weighted by Gasteiger charge is -2.18. The highest BCUT2D eigenvalue weighted by atomic mass is 32.2. The van der Waals surface area contributed by atoms with E-state index >= 15 is 0 Å². The Morgan fingerprint density at radius 3 is 2.63 bits per heavy atom. The van der Waals surface area contributed by atoms with Crippen LogP contribution in [0.25, 0.3) is 0 Å². The van der Waals surface area contributed by atoms with Gasteiger partial charge in [-0.15, -0.1) is 0 Å². The molecule has 1 aliphatic heterocycles. The fourth-order valence-electron chi connectivity index (χ4n) is 2.77. The zero-order chi connectivity index (χ0) is 19.3. The molecule has 0 spiro atoms. The topological polar surface area (TPSA) is 90.9 Å². The SMILES string of the molecule is CN(CC(=O)Nc1cccc(S(=O)(=O)NC2=NCCC2)c1)c1ccccc1. The summed E-state index contributed by atoms with van der Waals surface area (Å²) in [5.74, 6) is 0.248. The van der Waals surface area contributed by atoms with Gasteiger partial charge >= 0.3 is 0 Å². The number of aliphatic imine (C=N–C) groups is 1. The van der Waals surface area contributed by atoms with Crippen LogP contribution >= 0.6 is 0 Å². The molecule has 0 fully saturated rings. The van der Waals surface area contributed by atoms with E-state index in [9.17, 15) is 13.2 Å². The Balaban J connectivity index is 1.65. The van der Waals surface area contributed by atoms with Crippen LogP contribution in [0.3, 0.4) is 0 Å². The Labute approximate surface area is 159 Å². The molecule has 7 nitrogen and oxygen atoms in total. The fraction of sp³-hybridized carbons (Fsp3) is 0.263. The average molecular weight is 386 g/mol. The molecule has 1 aliphatic rings. The van der Waals surface area contributed by atoms with Gasteiger partial charge < -0.3 is 10.2 Å². The molecule has 0 unspecified atom stereocenters. The first kappa shape index (κ1) is 18.9. The number of hydrogen-bond acceptors (Lipinski definition) is 5. The fourth-order valence-corrected chi connectivity index (χ4v) is 3.90. The summed E-state index contributed by atoms with van der Waals surface area (Å²) >= 11 is 0. The molecular weight excluding hydrogens is 364 g/mol. The molecule has 0 saturated carbocycles. The van der Waals surface area contributed by atoms with Crippen LogP contribution in [0.15, 0.2) is 64.5 Å². The third-order valence-corrected chi connectivity index (χ3v) is 5.51. The van der Waals surface area contributed by atoms with Crippen LogP contribution in [0.1, 0.15) is 12.8 Å². The molecule has 0 atom stereocenters. The molecule has 0 aromatic heterocycles. The van der Waals surface area contributed by atoms with Crippen molar-refractivity contribution in [3.8, 4) is 0 Å². The Kier molecular flexibility index (Phi) is 5.75. The zero-order valence-electron chi connectivity index (χ0n) is 15.1. The summed E-state index contributed by atoms with van der Waals surface area (Å²) in [4.78, 5) is 18.3. The molecule has 8 heteroatoms. The van der Waals surface area contributed by atoms with Crippen molar-refractivity contribution in [1.82, 2.24) is 4.72 Å². The van der Waals surface area contributed by atoms with Gasteiger partial charge in [-0.25, -0.2) is 8.42 Å². The summed E-state index contributed by atoms with van der Waals surface area (Å²) in [6.45, 7) is 0.791. The second kappa shape index (κ2) is 8.22. The first-order valence-corrected chi connectivity index (χ1v) is 10.1. The van der Waals surface area contributed by atoms with Gasteiger partial charge in [-0.05, 0) is 36.8 Å². The molecule has 27 heavy (non-hydrogen) atoms. The van der Waals surface area contributed by atoms with E-state index in [0.29, 0.717) is 24.5 Å². The first-order chi connectivity index (χ1) is 12.9. The standard InChI is InChI=1S/C19H22N4O3S/c1-23(16-8-3-2-4-9-16)14-19(24)21-15-7-5-10-17(13-15)27(25,26)22-18-11-6-12-20-18/h2-5,7-10,13H,6,11-12,14H2,1H3,(H,20,22)(H,21,24). The highest BCUT2D eigenvalue weighted by Crippen LogP contribution is 2.17. The lowest BCUT2D eigenvalue weighted by Crippen LogP contribution is -2.30. The van der Waals surface area contributed by atoms with Gasteiger partial charge in [0.1, 0.15) is 5.84 Å². The minimum absolute atomic E-state index is 0.0892. The smallest absolute Gasteiger partial charge is 0.262 e. The lowest BCUT2D eigenvalue weighted by molar-refractivity contribution is -0.114. The molecule has 1 heterocycles. The number of benzene rings is 2. The van der Waals surface area contributed by atoms with Gasteiger partial charge in [0.15, 0.2) is 0 Å². The van der Waals surface area contributed by atoms with E-state index in [1.165, 1.54) is 12.1 Å². The third kappa shape index (κ3) is 5.07. The third-order valence-electron chi connectivity index (χ3n) is 4.13. The number of hydrogen-bond donors (Lipinski definition) is 2. The number of sulfonamides is 1. The van der Waals surface area contributed by atoms with Gasteiger partial charge in [-0.2, -0.15) is 0 Å². The van der Waals surface area contributed by atoms with Gasteiger partial charge in [0.25, 0.3) is 10.0 Å². The van der Waals surface area contributed by atoms with E-state index in [1.807, 2.05) is 42.3 Å². The molecule has 2 N–H and O–H groups in total.